The predicted octanol–water partition coefficient (Wildman–Crippen LogP) is 3.71. The van der Waals surface area contributed by atoms with Crippen LogP contribution in [0, 0.1) is 6.92 Å². The van der Waals surface area contributed by atoms with Gasteiger partial charge in [-0.25, -0.2) is 0 Å². The SMILES string of the molecule is Cc1ccsc1CC1=CCCC1. The second-order valence-corrected chi connectivity index (χ2v) is 4.46. The first-order valence-electron chi connectivity index (χ1n) is 4.57. The van der Waals surface area contributed by atoms with Gasteiger partial charge in [0.15, 0.2) is 0 Å². The maximum Gasteiger partial charge on any atom is 0.0115 e. The lowest BCUT2D eigenvalue weighted by Crippen LogP contribution is -1.85. The lowest BCUT2D eigenvalue weighted by atomic mass is 10.1. The molecule has 1 aliphatic rings. The van der Waals surface area contributed by atoms with Crippen LogP contribution in [0.5, 0.6) is 0 Å². The van der Waals surface area contributed by atoms with E-state index in [1.807, 2.05) is 11.3 Å². The number of allylic oxidation sites excluding steroid dienone is 2. The predicted molar refractivity (Wildman–Crippen MR) is 54.7 cm³/mol. The standard InChI is InChI=1S/C11H14S/c1-9-6-7-12-11(9)8-10-4-2-3-5-10/h4,6-7H,2-3,5,8H2,1H3. The number of aryl methyl sites for hydroxylation is 1. The van der Waals surface area contributed by atoms with E-state index in [0.717, 1.165) is 0 Å². The number of hydrogen-bond donors (Lipinski definition) is 0. The molecule has 0 nitrogen and oxygen atoms in total. The molecule has 0 atom stereocenters. The quantitative estimate of drug-likeness (QED) is 0.606. The van der Waals surface area contributed by atoms with E-state index in [9.17, 15) is 0 Å². The van der Waals surface area contributed by atoms with E-state index >= 15 is 0 Å². The summed E-state index contributed by atoms with van der Waals surface area (Å²) in [7, 11) is 0. The van der Waals surface area contributed by atoms with Crippen LogP contribution < -0.4 is 0 Å². The molecule has 1 aromatic heterocycles. The van der Waals surface area contributed by atoms with Gasteiger partial charge in [-0.1, -0.05) is 11.6 Å². The minimum absolute atomic E-state index is 1.21. The molecule has 1 heterocycles. The Hall–Kier alpha value is -0.560. The monoisotopic (exact) mass is 178 g/mol. The molecule has 0 saturated heterocycles. The van der Waals surface area contributed by atoms with Crippen molar-refractivity contribution in [3.05, 3.63) is 33.5 Å². The third kappa shape index (κ3) is 1.61. The Bertz CT molecular complexity index is 294. The fourth-order valence-electron chi connectivity index (χ4n) is 1.69. The van der Waals surface area contributed by atoms with Crippen molar-refractivity contribution in [2.45, 2.75) is 32.6 Å². The first-order valence-corrected chi connectivity index (χ1v) is 5.45. The third-order valence-electron chi connectivity index (χ3n) is 2.49. The number of thiophene rings is 1. The molecule has 2 rings (SSSR count). The van der Waals surface area contributed by atoms with Gasteiger partial charge in [-0.2, -0.15) is 0 Å². The van der Waals surface area contributed by atoms with Gasteiger partial charge in [-0.15, -0.1) is 11.3 Å². The first-order chi connectivity index (χ1) is 5.86. The van der Waals surface area contributed by atoms with Gasteiger partial charge in [0.1, 0.15) is 0 Å². The van der Waals surface area contributed by atoms with Crippen molar-refractivity contribution in [2.75, 3.05) is 0 Å². The van der Waals surface area contributed by atoms with Crippen molar-refractivity contribution < 1.29 is 0 Å². The van der Waals surface area contributed by atoms with Crippen molar-refractivity contribution in [3.8, 4) is 0 Å². The van der Waals surface area contributed by atoms with Gasteiger partial charge in [0, 0.05) is 11.3 Å². The minimum atomic E-state index is 1.21. The van der Waals surface area contributed by atoms with Gasteiger partial charge < -0.3 is 0 Å². The largest absolute Gasteiger partial charge is 0.148 e. The third-order valence-corrected chi connectivity index (χ3v) is 3.51. The molecule has 0 radical (unpaired) electrons. The highest BCUT2D eigenvalue weighted by molar-refractivity contribution is 7.10. The molecule has 0 fully saturated rings. The van der Waals surface area contributed by atoms with Crippen LogP contribution in [0.4, 0.5) is 0 Å². The highest BCUT2D eigenvalue weighted by atomic mass is 32.1. The minimum Gasteiger partial charge on any atom is -0.148 e. The molecule has 1 aliphatic carbocycles. The topological polar surface area (TPSA) is 0 Å². The second-order valence-electron chi connectivity index (χ2n) is 3.46. The van der Waals surface area contributed by atoms with Crippen LogP contribution in [0.2, 0.25) is 0 Å². The van der Waals surface area contributed by atoms with E-state index in [-0.39, 0.29) is 0 Å². The van der Waals surface area contributed by atoms with Crippen LogP contribution in [0.1, 0.15) is 29.7 Å². The van der Waals surface area contributed by atoms with Crippen LogP contribution in [0.15, 0.2) is 23.1 Å². The molecule has 0 bridgehead atoms. The zero-order valence-corrected chi connectivity index (χ0v) is 8.29. The Kier molecular flexibility index (Phi) is 2.31. The van der Waals surface area contributed by atoms with Crippen LogP contribution >= 0.6 is 11.3 Å². The highest BCUT2D eigenvalue weighted by Crippen LogP contribution is 2.25. The molecule has 1 heteroatoms. The summed E-state index contributed by atoms with van der Waals surface area (Å²) in [5.74, 6) is 0. The fraction of sp³-hybridized carbons (Fsp3) is 0.455. The fourth-order valence-corrected chi connectivity index (χ4v) is 2.65. The van der Waals surface area contributed by atoms with Crippen LogP contribution in [-0.4, -0.2) is 0 Å². The van der Waals surface area contributed by atoms with Gasteiger partial charge in [-0.3, -0.25) is 0 Å². The summed E-state index contributed by atoms with van der Waals surface area (Å²) in [4.78, 5) is 1.56. The smallest absolute Gasteiger partial charge is 0.0115 e. The Morgan fingerprint density at radius 1 is 1.50 bits per heavy atom. The molecule has 64 valence electrons. The first kappa shape index (κ1) is 8.06. The molecule has 0 unspecified atom stereocenters. The maximum atomic E-state index is 2.42. The van der Waals surface area contributed by atoms with Gasteiger partial charge >= 0.3 is 0 Å². The summed E-state index contributed by atoms with van der Waals surface area (Å²) in [5.41, 5.74) is 3.12. The summed E-state index contributed by atoms with van der Waals surface area (Å²) in [6.45, 7) is 2.21. The van der Waals surface area contributed by atoms with E-state index in [1.54, 1.807) is 10.5 Å². The molecule has 0 N–H and O–H groups in total. The normalized spacial score (nSPS) is 16.6. The van der Waals surface area contributed by atoms with Crippen molar-refractivity contribution in [1.82, 2.24) is 0 Å². The Labute approximate surface area is 77.9 Å². The average Bonchev–Trinajstić information content (AvgIpc) is 2.65. The molecule has 0 aliphatic heterocycles. The Balaban J connectivity index is 2.08. The molecule has 12 heavy (non-hydrogen) atoms. The summed E-state index contributed by atoms with van der Waals surface area (Å²) in [6, 6.07) is 2.22. The summed E-state index contributed by atoms with van der Waals surface area (Å²) < 4.78 is 0. The summed E-state index contributed by atoms with van der Waals surface area (Å²) >= 11 is 1.90. The lowest BCUT2D eigenvalue weighted by molar-refractivity contribution is 0.889. The van der Waals surface area contributed by atoms with Gasteiger partial charge in [0.2, 0.25) is 0 Å². The molecule has 0 spiro atoms. The van der Waals surface area contributed by atoms with E-state index in [1.165, 1.54) is 31.2 Å². The molecule has 0 amide bonds. The van der Waals surface area contributed by atoms with Gasteiger partial charge in [-0.05, 0) is 43.2 Å². The maximum absolute atomic E-state index is 2.42. The molecule has 0 aromatic carbocycles. The van der Waals surface area contributed by atoms with Crippen molar-refractivity contribution in [2.24, 2.45) is 0 Å². The lowest BCUT2D eigenvalue weighted by Gasteiger charge is -1.99. The Morgan fingerprint density at radius 3 is 3.00 bits per heavy atom. The van der Waals surface area contributed by atoms with Crippen LogP contribution in [0.3, 0.4) is 0 Å². The number of hydrogen-bond acceptors (Lipinski definition) is 1. The highest BCUT2D eigenvalue weighted by Gasteiger charge is 2.07. The Morgan fingerprint density at radius 2 is 2.42 bits per heavy atom. The van der Waals surface area contributed by atoms with Crippen molar-refractivity contribution >= 4 is 11.3 Å². The number of rotatable bonds is 2. The average molecular weight is 178 g/mol. The molecule has 1 aromatic rings. The van der Waals surface area contributed by atoms with Crippen molar-refractivity contribution in [3.63, 3.8) is 0 Å². The van der Waals surface area contributed by atoms with Gasteiger partial charge in [0.25, 0.3) is 0 Å². The van der Waals surface area contributed by atoms with Crippen LogP contribution in [0.25, 0.3) is 0 Å². The summed E-state index contributed by atoms with van der Waals surface area (Å²) in [5, 5.41) is 2.19. The van der Waals surface area contributed by atoms with E-state index in [4.69, 9.17) is 0 Å². The van der Waals surface area contributed by atoms with Gasteiger partial charge in [0.05, 0.1) is 0 Å². The van der Waals surface area contributed by atoms with E-state index in [0.29, 0.717) is 0 Å². The molecular formula is C11H14S. The molecule has 0 saturated carbocycles. The molecular weight excluding hydrogens is 164 g/mol. The zero-order valence-electron chi connectivity index (χ0n) is 7.47. The van der Waals surface area contributed by atoms with E-state index < -0.39 is 0 Å². The summed E-state index contributed by atoms with van der Waals surface area (Å²) in [6.07, 6.45) is 7.64. The van der Waals surface area contributed by atoms with Crippen LogP contribution in [-0.2, 0) is 6.42 Å². The van der Waals surface area contributed by atoms with E-state index in [2.05, 4.69) is 24.4 Å². The van der Waals surface area contributed by atoms with Crippen molar-refractivity contribution in [1.29, 1.82) is 0 Å². The zero-order chi connectivity index (χ0) is 8.39. The second kappa shape index (κ2) is 3.44.